The van der Waals surface area contributed by atoms with Crippen LogP contribution in [0.3, 0.4) is 0 Å². The van der Waals surface area contributed by atoms with Gasteiger partial charge in [-0.25, -0.2) is 4.98 Å². The molecule has 1 aromatic carbocycles. The van der Waals surface area contributed by atoms with E-state index in [-0.39, 0.29) is 24.0 Å². The molecular weight excluding hydrogens is 480 g/mol. The molecule has 186 valence electrons. The average Bonchev–Trinajstić information content (AvgIpc) is 3.49. The van der Waals surface area contributed by atoms with E-state index in [1.807, 2.05) is 55.4 Å². The van der Waals surface area contributed by atoms with E-state index in [1.54, 1.807) is 18.0 Å². The molecule has 0 radical (unpaired) electrons. The molecule has 0 bridgehead atoms. The molecular formula is C26H27ClN6O3. The second-order valence-electron chi connectivity index (χ2n) is 8.97. The SMILES string of the molecule is COc1ncc(-c2cc3c(n2C(C)C)C(c2ccc(Cl)cc2)N(c2cn(C)nc2C)C3=O)c(OC)n1. The molecule has 0 saturated heterocycles. The summed E-state index contributed by atoms with van der Waals surface area (Å²) < 4.78 is 14.6. The molecule has 5 rings (SSSR count). The Morgan fingerprint density at radius 2 is 1.81 bits per heavy atom. The van der Waals surface area contributed by atoms with Crippen molar-refractivity contribution < 1.29 is 14.3 Å². The van der Waals surface area contributed by atoms with Gasteiger partial charge in [-0.15, -0.1) is 0 Å². The summed E-state index contributed by atoms with van der Waals surface area (Å²) in [5.74, 6) is 0.269. The molecule has 1 aliphatic rings. The lowest BCUT2D eigenvalue weighted by molar-refractivity contribution is 0.0993. The van der Waals surface area contributed by atoms with Gasteiger partial charge in [-0.05, 0) is 44.5 Å². The number of hydrogen-bond donors (Lipinski definition) is 0. The fourth-order valence-corrected chi connectivity index (χ4v) is 5.05. The number of benzene rings is 1. The number of amides is 1. The number of aromatic nitrogens is 5. The van der Waals surface area contributed by atoms with Gasteiger partial charge in [0.1, 0.15) is 6.04 Å². The first-order valence-corrected chi connectivity index (χ1v) is 11.9. The smallest absolute Gasteiger partial charge is 0.319 e. The standard InChI is InChI=1S/C26H27ClN6O3/c1-14(2)32-20(19-12-28-26(36-6)29-24(19)35-5)11-18-23(32)22(16-7-9-17(27)10-8-16)33(25(18)34)21-13-31(4)30-15(21)3/h7-14,22H,1-6H3. The van der Waals surface area contributed by atoms with Crippen LogP contribution in [-0.2, 0) is 7.05 Å². The highest BCUT2D eigenvalue weighted by Crippen LogP contribution is 2.47. The molecule has 9 nitrogen and oxygen atoms in total. The molecule has 4 heterocycles. The fourth-order valence-electron chi connectivity index (χ4n) is 4.93. The van der Waals surface area contributed by atoms with Crippen molar-refractivity contribution in [3.8, 4) is 23.1 Å². The van der Waals surface area contributed by atoms with Crippen LogP contribution in [0.25, 0.3) is 11.3 Å². The fraction of sp³-hybridized carbons (Fsp3) is 0.308. The third-order valence-corrected chi connectivity index (χ3v) is 6.63. The topological polar surface area (TPSA) is 87.3 Å². The van der Waals surface area contributed by atoms with Crippen LogP contribution in [0, 0.1) is 6.92 Å². The lowest BCUT2D eigenvalue weighted by atomic mass is 10.0. The first kappa shape index (κ1) is 23.9. The third kappa shape index (κ3) is 3.71. The number of carbonyl (C=O) groups is 1. The van der Waals surface area contributed by atoms with E-state index in [2.05, 4.69) is 33.5 Å². The van der Waals surface area contributed by atoms with E-state index >= 15 is 0 Å². The molecule has 1 unspecified atom stereocenters. The Labute approximate surface area is 214 Å². The van der Waals surface area contributed by atoms with Crippen molar-refractivity contribution in [2.75, 3.05) is 19.1 Å². The lowest BCUT2D eigenvalue weighted by Gasteiger charge is -2.28. The largest absolute Gasteiger partial charge is 0.480 e. The first-order chi connectivity index (χ1) is 17.2. The molecule has 0 spiro atoms. The molecule has 1 atom stereocenters. The predicted octanol–water partition coefficient (Wildman–Crippen LogP) is 4.99. The number of ether oxygens (including phenoxy) is 2. The Balaban J connectivity index is 1.78. The minimum Gasteiger partial charge on any atom is -0.480 e. The molecule has 10 heteroatoms. The molecule has 0 fully saturated rings. The normalized spacial score (nSPS) is 15.1. The quantitative estimate of drug-likeness (QED) is 0.366. The predicted molar refractivity (Wildman–Crippen MR) is 137 cm³/mol. The van der Waals surface area contributed by atoms with Gasteiger partial charge < -0.3 is 14.0 Å². The van der Waals surface area contributed by atoms with Crippen molar-refractivity contribution in [3.05, 3.63) is 70.3 Å². The Bertz CT molecular complexity index is 1460. The molecule has 0 aliphatic carbocycles. The number of hydrogen-bond acceptors (Lipinski definition) is 6. The van der Waals surface area contributed by atoms with Gasteiger partial charge in [0.15, 0.2) is 0 Å². The number of rotatable bonds is 6. The van der Waals surface area contributed by atoms with E-state index in [0.717, 1.165) is 28.3 Å². The summed E-state index contributed by atoms with van der Waals surface area (Å²) in [5, 5.41) is 5.12. The second kappa shape index (κ2) is 8.98. The number of anilines is 1. The van der Waals surface area contributed by atoms with E-state index in [9.17, 15) is 4.79 Å². The molecule has 1 amide bonds. The van der Waals surface area contributed by atoms with Crippen LogP contribution in [-0.4, -0.2) is 44.4 Å². The van der Waals surface area contributed by atoms with E-state index in [4.69, 9.17) is 21.1 Å². The summed E-state index contributed by atoms with van der Waals surface area (Å²) in [5.41, 5.74) is 5.45. The Morgan fingerprint density at radius 3 is 2.39 bits per heavy atom. The van der Waals surface area contributed by atoms with E-state index in [1.165, 1.54) is 7.11 Å². The highest BCUT2D eigenvalue weighted by atomic mass is 35.5. The van der Waals surface area contributed by atoms with Gasteiger partial charge in [-0.1, -0.05) is 23.7 Å². The highest BCUT2D eigenvalue weighted by molar-refractivity contribution is 6.30. The molecule has 0 N–H and O–H groups in total. The summed E-state index contributed by atoms with van der Waals surface area (Å²) in [6.07, 6.45) is 3.54. The minimum atomic E-state index is -0.381. The van der Waals surface area contributed by atoms with Gasteiger partial charge in [0.05, 0.1) is 48.1 Å². The molecule has 0 saturated carbocycles. The zero-order valence-corrected chi connectivity index (χ0v) is 21.7. The Kier molecular flexibility index (Phi) is 5.96. The zero-order chi connectivity index (χ0) is 25.7. The van der Waals surface area contributed by atoms with Gasteiger partial charge in [-0.2, -0.15) is 10.1 Å². The summed E-state index contributed by atoms with van der Waals surface area (Å²) in [6, 6.07) is 9.36. The van der Waals surface area contributed by atoms with Crippen LogP contribution >= 0.6 is 11.6 Å². The van der Waals surface area contributed by atoms with Gasteiger partial charge in [-0.3, -0.25) is 14.4 Å². The van der Waals surface area contributed by atoms with Gasteiger partial charge in [0.2, 0.25) is 5.88 Å². The summed E-state index contributed by atoms with van der Waals surface area (Å²) in [4.78, 5) is 24.5. The van der Waals surface area contributed by atoms with Gasteiger partial charge >= 0.3 is 6.01 Å². The number of halogens is 1. The van der Waals surface area contributed by atoms with Gasteiger partial charge in [0.25, 0.3) is 5.91 Å². The summed E-state index contributed by atoms with van der Waals surface area (Å²) in [7, 11) is 4.91. The van der Waals surface area contributed by atoms with Crippen LogP contribution in [0.2, 0.25) is 5.02 Å². The number of aryl methyl sites for hydroxylation is 2. The van der Waals surface area contributed by atoms with Gasteiger partial charge in [0, 0.05) is 30.5 Å². The van der Waals surface area contributed by atoms with Crippen LogP contribution in [0.5, 0.6) is 11.9 Å². The third-order valence-electron chi connectivity index (χ3n) is 6.38. The second-order valence-corrected chi connectivity index (χ2v) is 9.41. The van der Waals surface area contributed by atoms with Crippen molar-refractivity contribution in [3.63, 3.8) is 0 Å². The number of nitrogens with zero attached hydrogens (tertiary/aromatic N) is 6. The Morgan fingerprint density at radius 1 is 1.08 bits per heavy atom. The number of carbonyl (C=O) groups excluding carboxylic acids is 1. The van der Waals surface area contributed by atoms with Crippen molar-refractivity contribution >= 4 is 23.2 Å². The van der Waals surface area contributed by atoms with Crippen LogP contribution in [0.4, 0.5) is 5.69 Å². The van der Waals surface area contributed by atoms with Crippen molar-refractivity contribution in [1.82, 2.24) is 24.3 Å². The number of fused-ring (bicyclic) bond motifs is 1. The first-order valence-electron chi connectivity index (χ1n) is 11.5. The van der Waals surface area contributed by atoms with E-state index in [0.29, 0.717) is 22.0 Å². The highest BCUT2D eigenvalue weighted by Gasteiger charge is 2.44. The lowest BCUT2D eigenvalue weighted by Crippen LogP contribution is -2.30. The summed E-state index contributed by atoms with van der Waals surface area (Å²) >= 11 is 6.22. The zero-order valence-electron chi connectivity index (χ0n) is 21.0. The van der Waals surface area contributed by atoms with Crippen LogP contribution in [0.15, 0.2) is 42.7 Å². The van der Waals surface area contributed by atoms with Crippen molar-refractivity contribution in [2.45, 2.75) is 32.9 Å². The maximum absolute atomic E-state index is 14.1. The van der Waals surface area contributed by atoms with Crippen LogP contribution in [0.1, 0.15) is 53.2 Å². The van der Waals surface area contributed by atoms with Crippen molar-refractivity contribution in [2.24, 2.45) is 7.05 Å². The molecule has 4 aromatic rings. The maximum Gasteiger partial charge on any atom is 0.319 e. The van der Waals surface area contributed by atoms with E-state index < -0.39 is 0 Å². The average molecular weight is 507 g/mol. The number of methoxy groups -OCH3 is 2. The molecule has 1 aliphatic heterocycles. The van der Waals surface area contributed by atoms with Crippen LogP contribution < -0.4 is 14.4 Å². The summed E-state index contributed by atoms with van der Waals surface area (Å²) in [6.45, 7) is 6.08. The monoisotopic (exact) mass is 506 g/mol. The van der Waals surface area contributed by atoms with Crippen molar-refractivity contribution in [1.29, 1.82) is 0 Å². The molecule has 3 aromatic heterocycles. The maximum atomic E-state index is 14.1. The Hall–Kier alpha value is -3.85. The minimum absolute atomic E-state index is 0.0214. The molecule has 36 heavy (non-hydrogen) atoms.